The number of hydrogen-bond donors (Lipinski definition) is 1. The number of aromatic nitrogens is 1. The molecule has 29 heavy (non-hydrogen) atoms. The van der Waals surface area contributed by atoms with Crippen molar-refractivity contribution < 1.29 is 19.1 Å². The van der Waals surface area contributed by atoms with E-state index < -0.39 is 5.60 Å². The molecule has 6 nitrogen and oxygen atoms in total. The molecule has 2 aliphatic heterocycles. The van der Waals surface area contributed by atoms with Crippen LogP contribution in [0.15, 0.2) is 30.3 Å². The molecular weight excluding hydrogens is 368 g/mol. The Hall–Kier alpha value is -2.76. The Morgan fingerprint density at radius 3 is 2.66 bits per heavy atom. The Bertz CT molecular complexity index is 982. The van der Waals surface area contributed by atoms with E-state index in [0.29, 0.717) is 18.7 Å². The minimum absolute atomic E-state index is 0.0118. The van der Waals surface area contributed by atoms with Crippen LogP contribution in [0.4, 0.5) is 4.79 Å². The van der Waals surface area contributed by atoms with Gasteiger partial charge in [-0.15, -0.1) is 0 Å². The SMILES string of the molecule is CCOC(=O)c1[nH]c2ccccc2c1C1=C[C@@H]2CC[C@H](C1)N2C(=O)OC(C)(C)C. The highest BCUT2D eigenvalue weighted by Crippen LogP contribution is 2.42. The summed E-state index contributed by atoms with van der Waals surface area (Å²) in [4.78, 5) is 30.5. The number of fused-ring (bicyclic) bond motifs is 3. The van der Waals surface area contributed by atoms with E-state index in [1.165, 1.54) is 0 Å². The summed E-state index contributed by atoms with van der Waals surface area (Å²) in [5, 5.41) is 1.01. The first kappa shape index (κ1) is 19.6. The van der Waals surface area contributed by atoms with Gasteiger partial charge in [0.05, 0.1) is 12.6 Å². The fourth-order valence-electron chi connectivity index (χ4n) is 4.45. The molecule has 4 rings (SSSR count). The van der Waals surface area contributed by atoms with Gasteiger partial charge in [-0.2, -0.15) is 0 Å². The van der Waals surface area contributed by atoms with Gasteiger partial charge in [-0.25, -0.2) is 9.59 Å². The molecule has 0 radical (unpaired) electrons. The fourth-order valence-corrected chi connectivity index (χ4v) is 4.45. The number of hydrogen-bond acceptors (Lipinski definition) is 4. The van der Waals surface area contributed by atoms with E-state index in [9.17, 15) is 9.59 Å². The van der Waals surface area contributed by atoms with Crippen LogP contribution in [0.3, 0.4) is 0 Å². The van der Waals surface area contributed by atoms with E-state index in [4.69, 9.17) is 9.47 Å². The van der Waals surface area contributed by atoms with Gasteiger partial charge >= 0.3 is 12.1 Å². The van der Waals surface area contributed by atoms with Crippen molar-refractivity contribution in [2.75, 3.05) is 6.61 Å². The molecule has 2 aliphatic rings. The van der Waals surface area contributed by atoms with Crippen molar-refractivity contribution in [3.8, 4) is 0 Å². The third-order valence-electron chi connectivity index (χ3n) is 5.51. The summed E-state index contributed by atoms with van der Waals surface area (Å²) in [5.41, 5.74) is 2.88. The quantitative estimate of drug-likeness (QED) is 0.749. The summed E-state index contributed by atoms with van der Waals surface area (Å²) >= 11 is 0. The second kappa shape index (κ2) is 7.25. The molecule has 3 heterocycles. The lowest BCUT2D eigenvalue weighted by Gasteiger charge is -2.35. The second-order valence-electron chi connectivity index (χ2n) is 8.72. The number of aromatic amines is 1. The Morgan fingerprint density at radius 1 is 1.21 bits per heavy atom. The smallest absolute Gasteiger partial charge is 0.411 e. The number of esters is 1. The van der Waals surface area contributed by atoms with Crippen LogP contribution in [0.25, 0.3) is 16.5 Å². The van der Waals surface area contributed by atoms with Gasteiger partial charge in [-0.3, -0.25) is 4.90 Å². The molecule has 0 spiro atoms. The van der Waals surface area contributed by atoms with Gasteiger partial charge in [0.1, 0.15) is 11.3 Å². The van der Waals surface area contributed by atoms with Gasteiger partial charge in [0.15, 0.2) is 0 Å². The van der Waals surface area contributed by atoms with E-state index in [-0.39, 0.29) is 24.1 Å². The number of nitrogens with one attached hydrogen (secondary N) is 1. The number of H-pyrrole nitrogens is 1. The van der Waals surface area contributed by atoms with Crippen LogP contribution in [0.5, 0.6) is 0 Å². The van der Waals surface area contributed by atoms with Crippen LogP contribution in [0.2, 0.25) is 0 Å². The summed E-state index contributed by atoms with van der Waals surface area (Å²) in [7, 11) is 0. The van der Waals surface area contributed by atoms with E-state index in [1.54, 1.807) is 6.92 Å². The minimum Gasteiger partial charge on any atom is -0.461 e. The molecule has 1 N–H and O–H groups in total. The van der Waals surface area contributed by atoms with Crippen molar-refractivity contribution >= 4 is 28.5 Å². The zero-order chi connectivity index (χ0) is 20.8. The third kappa shape index (κ3) is 3.63. The molecule has 2 bridgehead atoms. The van der Waals surface area contributed by atoms with E-state index >= 15 is 0 Å². The van der Waals surface area contributed by atoms with Crippen molar-refractivity contribution in [3.63, 3.8) is 0 Å². The van der Waals surface area contributed by atoms with Crippen molar-refractivity contribution in [1.29, 1.82) is 0 Å². The van der Waals surface area contributed by atoms with Gasteiger partial charge in [-0.1, -0.05) is 24.3 Å². The standard InChI is InChI=1S/C23H28N2O4/c1-5-28-21(26)20-19(17-8-6-7-9-18(17)24-20)14-12-15-10-11-16(13-14)25(15)22(27)29-23(2,3)4/h6-9,12,15-16,24H,5,10-11,13H2,1-4H3/t15-,16+/m0/s1. The summed E-state index contributed by atoms with van der Waals surface area (Å²) in [6.45, 7) is 7.78. The van der Waals surface area contributed by atoms with Crippen molar-refractivity contribution in [2.45, 2.75) is 64.6 Å². The first-order chi connectivity index (χ1) is 13.8. The highest BCUT2D eigenvalue weighted by Gasteiger charge is 2.42. The number of amides is 1. The second-order valence-corrected chi connectivity index (χ2v) is 8.72. The van der Waals surface area contributed by atoms with E-state index in [0.717, 1.165) is 34.9 Å². The lowest BCUT2D eigenvalue weighted by molar-refractivity contribution is 0.0174. The number of ether oxygens (including phenoxy) is 2. The average Bonchev–Trinajstić information content (AvgIpc) is 3.16. The zero-order valence-corrected chi connectivity index (χ0v) is 17.5. The molecule has 6 heteroatoms. The van der Waals surface area contributed by atoms with Crippen molar-refractivity contribution in [1.82, 2.24) is 9.88 Å². The first-order valence-corrected chi connectivity index (χ1v) is 10.3. The number of para-hydroxylation sites is 1. The molecule has 2 atom stereocenters. The Balaban J connectivity index is 1.73. The number of nitrogens with zero attached hydrogens (tertiary/aromatic N) is 1. The lowest BCUT2D eigenvalue weighted by atomic mass is 9.92. The molecule has 0 saturated carbocycles. The van der Waals surface area contributed by atoms with E-state index in [1.807, 2.05) is 49.9 Å². The molecule has 1 aromatic carbocycles. The predicted molar refractivity (Wildman–Crippen MR) is 112 cm³/mol. The molecule has 1 saturated heterocycles. The Morgan fingerprint density at radius 2 is 1.97 bits per heavy atom. The average molecular weight is 396 g/mol. The summed E-state index contributed by atoms with van der Waals surface area (Å²) in [5.74, 6) is -0.346. The maximum Gasteiger partial charge on any atom is 0.411 e. The molecule has 1 aromatic heterocycles. The summed E-state index contributed by atoms with van der Waals surface area (Å²) < 4.78 is 10.9. The maximum absolute atomic E-state index is 12.7. The first-order valence-electron chi connectivity index (χ1n) is 10.3. The van der Waals surface area contributed by atoms with Crippen molar-refractivity contribution in [3.05, 3.63) is 41.6 Å². The molecule has 1 fully saturated rings. The molecule has 2 aromatic rings. The number of rotatable bonds is 3. The van der Waals surface area contributed by atoms with Gasteiger partial charge in [0.2, 0.25) is 0 Å². The Labute approximate surface area is 170 Å². The predicted octanol–water partition coefficient (Wildman–Crippen LogP) is 4.90. The highest BCUT2D eigenvalue weighted by atomic mass is 16.6. The molecular formula is C23H28N2O4. The van der Waals surface area contributed by atoms with Crippen LogP contribution in [0, 0.1) is 0 Å². The number of carbonyl (C=O) groups is 2. The van der Waals surface area contributed by atoms with Crippen LogP contribution in [0.1, 0.15) is 63.0 Å². The lowest BCUT2D eigenvalue weighted by Crippen LogP contribution is -2.45. The highest BCUT2D eigenvalue weighted by molar-refractivity contribution is 6.05. The molecule has 154 valence electrons. The largest absolute Gasteiger partial charge is 0.461 e. The fraction of sp³-hybridized carbons (Fsp3) is 0.478. The van der Waals surface area contributed by atoms with Gasteiger partial charge in [0, 0.05) is 22.5 Å². The third-order valence-corrected chi connectivity index (χ3v) is 5.51. The van der Waals surface area contributed by atoms with Gasteiger partial charge in [-0.05, 0) is 58.6 Å². The summed E-state index contributed by atoms with van der Waals surface area (Å²) in [6, 6.07) is 7.97. The minimum atomic E-state index is -0.519. The van der Waals surface area contributed by atoms with Crippen LogP contribution < -0.4 is 0 Å². The van der Waals surface area contributed by atoms with Crippen LogP contribution in [-0.2, 0) is 9.47 Å². The van der Waals surface area contributed by atoms with E-state index in [2.05, 4.69) is 11.1 Å². The Kier molecular flexibility index (Phi) is 4.89. The normalized spacial score (nSPS) is 21.2. The zero-order valence-electron chi connectivity index (χ0n) is 17.5. The number of carbonyl (C=O) groups excluding carboxylic acids is 2. The monoisotopic (exact) mass is 396 g/mol. The van der Waals surface area contributed by atoms with Crippen LogP contribution >= 0.6 is 0 Å². The van der Waals surface area contributed by atoms with Crippen molar-refractivity contribution in [2.24, 2.45) is 0 Å². The van der Waals surface area contributed by atoms with Crippen LogP contribution in [-0.4, -0.2) is 46.2 Å². The molecule has 1 amide bonds. The summed E-state index contributed by atoms with van der Waals surface area (Å²) in [6.07, 6.45) is 4.41. The molecule has 0 aliphatic carbocycles. The topological polar surface area (TPSA) is 71.6 Å². The maximum atomic E-state index is 12.7. The van der Waals surface area contributed by atoms with Gasteiger partial charge < -0.3 is 14.5 Å². The molecule has 0 unspecified atom stereocenters. The van der Waals surface area contributed by atoms with Gasteiger partial charge in [0.25, 0.3) is 0 Å². The number of benzene rings is 1.